The summed E-state index contributed by atoms with van der Waals surface area (Å²) in [6.45, 7) is 8.05. The quantitative estimate of drug-likeness (QED) is 0.127. The lowest BCUT2D eigenvalue weighted by atomic mass is 9.68. The Bertz CT molecular complexity index is 1060. The number of Topliss-reactive ketones (excluding diaryl/α,β-unsaturated/α-hetero) is 1. The first-order valence-corrected chi connectivity index (χ1v) is 15.3. The van der Waals surface area contributed by atoms with Gasteiger partial charge in [0, 0.05) is 12.7 Å². The molecular formula is C32H48N2O8. The summed E-state index contributed by atoms with van der Waals surface area (Å²) in [6.07, 6.45) is 3.75. The summed E-state index contributed by atoms with van der Waals surface area (Å²) in [5.41, 5.74) is -0.0195. The number of amides is 1. The smallest absolute Gasteiger partial charge is 0.408 e. The van der Waals surface area contributed by atoms with Crippen LogP contribution in [0.15, 0.2) is 30.3 Å². The highest BCUT2D eigenvalue weighted by molar-refractivity contribution is 5.97. The van der Waals surface area contributed by atoms with Crippen LogP contribution in [-0.2, 0) is 28.5 Å². The third-order valence-corrected chi connectivity index (χ3v) is 9.02. The van der Waals surface area contributed by atoms with Crippen molar-refractivity contribution in [3.8, 4) is 0 Å². The minimum atomic E-state index is -0.836. The van der Waals surface area contributed by atoms with Gasteiger partial charge < -0.3 is 34.3 Å². The van der Waals surface area contributed by atoms with Gasteiger partial charge in [0.25, 0.3) is 0 Å². The molecule has 1 aromatic rings. The molecule has 2 aliphatic heterocycles. The van der Waals surface area contributed by atoms with Gasteiger partial charge in [-0.1, -0.05) is 44.2 Å². The maximum atomic E-state index is 13.0. The van der Waals surface area contributed by atoms with Crippen molar-refractivity contribution in [2.24, 2.45) is 11.8 Å². The molecule has 7 atom stereocenters. The Labute approximate surface area is 249 Å². The number of esters is 1. The molecule has 1 aliphatic carbocycles. The van der Waals surface area contributed by atoms with Crippen LogP contribution in [0.25, 0.3) is 0 Å². The molecule has 4 rings (SSSR count). The van der Waals surface area contributed by atoms with E-state index >= 15 is 0 Å². The average Bonchev–Trinajstić information content (AvgIpc) is 3.90. The van der Waals surface area contributed by atoms with Gasteiger partial charge in [0.2, 0.25) is 0 Å². The molecule has 3 aliphatic rings. The number of ketones is 1. The fourth-order valence-electron chi connectivity index (χ4n) is 6.51. The van der Waals surface area contributed by atoms with Gasteiger partial charge >= 0.3 is 12.1 Å². The lowest BCUT2D eigenvalue weighted by Crippen LogP contribution is -2.56. The summed E-state index contributed by atoms with van der Waals surface area (Å²) in [4.78, 5) is 37.7. The third kappa shape index (κ3) is 7.89. The number of methoxy groups -OCH3 is 2. The van der Waals surface area contributed by atoms with E-state index in [4.69, 9.17) is 23.7 Å². The van der Waals surface area contributed by atoms with Crippen molar-refractivity contribution in [1.29, 1.82) is 0 Å². The van der Waals surface area contributed by atoms with Crippen LogP contribution in [-0.4, -0.2) is 87.3 Å². The molecule has 0 bridgehead atoms. The van der Waals surface area contributed by atoms with E-state index in [1.54, 1.807) is 19.2 Å². The van der Waals surface area contributed by atoms with E-state index in [1.807, 2.05) is 18.2 Å². The summed E-state index contributed by atoms with van der Waals surface area (Å²) in [7, 11) is 2.94. The monoisotopic (exact) mass is 588 g/mol. The number of hydrogen-bond donors (Lipinski definition) is 2. The van der Waals surface area contributed by atoms with Crippen LogP contribution < -0.4 is 10.6 Å². The number of rotatable bonds is 16. The van der Waals surface area contributed by atoms with Crippen molar-refractivity contribution in [3.63, 3.8) is 0 Å². The molecule has 0 aromatic heterocycles. The summed E-state index contributed by atoms with van der Waals surface area (Å²) in [6, 6.07) is 8.30. The Kier molecular flexibility index (Phi) is 11.0. The van der Waals surface area contributed by atoms with Crippen LogP contribution in [0.1, 0.15) is 76.1 Å². The Morgan fingerprint density at radius 3 is 2.48 bits per heavy atom. The van der Waals surface area contributed by atoms with Crippen LogP contribution in [0.2, 0.25) is 0 Å². The van der Waals surface area contributed by atoms with Gasteiger partial charge in [-0.2, -0.15) is 0 Å². The van der Waals surface area contributed by atoms with Gasteiger partial charge in [-0.05, 0) is 64.3 Å². The zero-order chi connectivity index (χ0) is 30.3. The Hall–Kier alpha value is -2.53. The van der Waals surface area contributed by atoms with Gasteiger partial charge in [-0.3, -0.25) is 4.79 Å². The first kappa shape index (κ1) is 32.4. The number of ether oxygens (including phenoxy) is 5. The Balaban J connectivity index is 1.25. The van der Waals surface area contributed by atoms with E-state index in [-0.39, 0.29) is 36.1 Å². The molecule has 1 saturated carbocycles. The predicted octanol–water partition coefficient (Wildman–Crippen LogP) is 4.05. The van der Waals surface area contributed by atoms with Crippen LogP contribution in [0.4, 0.5) is 4.79 Å². The number of nitrogens with one attached hydrogen (secondary N) is 2. The molecule has 1 aromatic carbocycles. The lowest BCUT2D eigenvalue weighted by Gasteiger charge is -2.42. The van der Waals surface area contributed by atoms with Gasteiger partial charge in [0.1, 0.15) is 29.5 Å². The number of epoxide rings is 2. The van der Waals surface area contributed by atoms with Gasteiger partial charge in [0.05, 0.1) is 32.3 Å². The normalized spacial score (nSPS) is 30.5. The fourth-order valence-corrected chi connectivity index (χ4v) is 6.51. The molecule has 2 heterocycles. The standard InChI is InChI=1S/C32H48N2O8/c1-21(2)14-15-26-31(3,42-26)28-27(38-4)25(16-17-32(28)20-40-32)41-30(37)34-23(29(36)39-5)13-9-10-18-33-19-24(35)22-11-7-6-8-12-22/h6-8,11-12,21,23,25-28,33H,9-10,13-20H2,1-5H3,(H,34,37)/t23?,25?,26-,27?,28?,31?,32+/m1/s1. The summed E-state index contributed by atoms with van der Waals surface area (Å²) >= 11 is 0. The number of carbonyl (C=O) groups is 3. The molecule has 42 heavy (non-hydrogen) atoms. The first-order chi connectivity index (χ1) is 20.1. The molecule has 10 heteroatoms. The third-order valence-electron chi connectivity index (χ3n) is 9.02. The number of carbonyl (C=O) groups excluding carboxylic acids is 3. The van der Waals surface area contributed by atoms with Gasteiger partial charge in [-0.15, -0.1) is 0 Å². The minimum absolute atomic E-state index is 0.0271. The second-order valence-electron chi connectivity index (χ2n) is 12.5. The Morgan fingerprint density at radius 2 is 1.83 bits per heavy atom. The highest BCUT2D eigenvalue weighted by atomic mass is 16.6. The molecule has 5 unspecified atom stereocenters. The molecule has 1 spiro atoms. The largest absolute Gasteiger partial charge is 0.467 e. The average molecular weight is 589 g/mol. The van der Waals surface area contributed by atoms with Crippen molar-refractivity contribution in [2.75, 3.05) is 33.9 Å². The molecule has 10 nitrogen and oxygen atoms in total. The summed E-state index contributed by atoms with van der Waals surface area (Å²) in [5.74, 6) is 0.0358. The van der Waals surface area contributed by atoms with Gasteiger partial charge in [0.15, 0.2) is 5.78 Å². The highest BCUT2D eigenvalue weighted by Gasteiger charge is 2.72. The second kappa shape index (κ2) is 14.3. The summed E-state index contributed by atoms with van der Waals surface area (Å²) < 4.78 is 29.1. The van der Waals surface area contributed by atoms with E-state index < -0.39 is 29.8 Å². The number of unbranched alkanes of at least 4 members (excludes halogenated alkanes) is 1. The molecular weight excluding hydrogens is 540 g/mol. The molecule has 2 saturated heterocycles. The van der Waals surface area contributed by atoms with Gasteiger partial charge in [-0.25, -0.2) is 9.59 Å². The maximum absolute atomic E-state index is 13.0. The van der Waals surface area contributed by atoms with Crippen LogP contribution >= 0.6 is 0 Å². The molecule has 234 valence electrons. The zero-order valence-corrected chi connectivity index (χ0v) is 25.7. The van der Waals surface area contributed by atoms with Crippen molar-refractivity contribution < 1.29 is 38.1 Å². The van der Waals surface area contributed by atoms with Crippen LogP contribution in [0.3, 0.4) is 0 Å². The Morgan fingerprint density at radius 1 is 1.10 bits per heavy atom. The maximum Gasteiger partial charge on any atom is 0.408 e. The zero-order valence-electron chi connectivity index (χ0n) is 25.7. The lowest BCUT2D eigenvalue weighted by molar-refractivity contribution is -0.143. The first-order valence-electron chi connectivity index (χ1n) is 15.3. The van der Waals surface area contributed by atoms with Crippen LogP contribution in [0.5, 0.6) is 0 Å². The SMILES string of the molecule is COC(=O)C(CCCCNCC(=O)c1ccccc1)NC(=O)OC1CC[C@]2(CO2)C(C2(C)O[C@@H]2CCC(C)C)C1OC. The van der Waals surface area contributed by atoms with E-state index in [0.717, 1.165) is 25.7 Å². The number of benzene rings is 1. The second-order valence-corrected chi connectivity index (χ2v) is 12.5. The molecule has 0 radical (unpaired) electrons. The number of alkyl carbamates (subject to hydrolysis) is 1. The number of hydrogen-bond acceptors (Lipinski definition) is 9. The minimum Gasteiger partial charge on any atom is -0.467 e. The van der Waals surface area contributed by atoms with E-state index in [2.05, 4.69) is 31.4 Å². The highest BCUT2D eigenvalue weighted by Crippen LogP contribution is 2.59. The van der Waals surface area contributed by atoms with E-state index in [0.29, 0.717) is 43.9 Å². The van der Waals surface area contributed by atoms with Crippen molar-refractivity contribution >= 4 is 17.8 Å². The van der Waals surface area contributed by atoms with E-state index in [9.17, 15) is 14.4 Å². The molecule has 2 N–H and O–H groups in total. The van der Waals surface area contributed by atoms with Crippen molar-refractivity contribution in [2.45, 2.75) is 101 Å². The molecule has 3 fully saturated rings. The molecule has 1 amide bonds. The predicted molar refractivity (Wildman–Crippen MR) is 156 cm³/mol. The fraction of sp³-hybridized carbons (Fsp3) is 0.719. The van der Waals surface area contributed by atoms with E-state index in [1.165, 1.54) is 7.11 Å². The van der Waals surface area contributed by atoms with Crippen molar-refractivity contribution in [3.05, 3.63) is 35.9 Å². The van der Waals surface area contributed by atoms with Crippen LogP contribution in [0, 0.1) is 11.8 Å². The van der Waals surface area contributed by atoms with Crippen molar-refractivity contribution in [1.82, 2.24) is 10.6 Å². The summed E-state index contributed by atoms with van der Waals surface area (Å²) in [5, 5.41) is 5.85. The topological polar surface area (TPSA) is 128 Å².